The van der Waals surface area contributed by atoms with Gasteiger partial charge in [0.1, 0.15) is 0 Å². The third-order valence-corrected chi connectivity index (χ3v) is 4.46. The van der Waals surface area contributed by atoms with Gasteiger partial charge in [-0.2, -0.15) is 0 Å². The molecule has 4 heteroatoms. The van der Waals surface area contributed by atoms with Crippen LogP contribution in [0.2, 0.25) is 0 Å². The van der Waals surface area contributed by atoms with Crippen LogP contribution in [0.25, 0.3) is 11.4 Å². The van der Waals surface area contributed by atoms with E-state index in [-0.39, 0.29) is 0 Å². The average molecular weight is 283 g/mol. The van der Waals surface area contributed by atoms with Crippen molar-refractivity contribution >= 4 is 18.3 Å². The summed E-state index contributed by atoms with van der Waals surface area (Å²) in [6.45, 7) is 2.42. The minimum atomic E-state index is 0.805. The maximum absolute atomic E-state index is 4.41. The van der Waals surface area contributed by atoms with Gasteiger partial charge in [0, 0.05) is 41.6 Å². The fourth-order valence-electron chi connectivity index (χ4n) is 3.40. The van der Waals surface area contributed by atoms with Gasteiger partial charge in [0.25, 0.3) is 0 Å². The highest BCUT2D eigenvalue weighted by Gasteiger charge is 2.24. The molecule has 0 radical (unpaired) electrons. The summed E-state index contributed by atoms with van der Waals surface area (Å²) in [4.78, 5) is 12.2. The van der Waals surface area contributed by atoms with Crippen LogP contribution in [-0.4, -0.2) is 23.1 Å². The first-order chi connectivity index (χ1) is 9.81. The Morgan fingerprint density at radius 3 is 2.15 bits per heavy atom. The zero-order valence-corrected chi connectivity index (χ0v) is 12.2. The molecular weight excluding hydrogens is 266 g/mol. The Hall–Kier alpha value is -1.55. The van der Waals surface area contributed by atoms with E-state index in [0.717, 1.165) is 16.3 Å². The second-order valence-corrected chi connectivity index (χ2v) is 6.12. The van der Waals surface area contributed by atoms with Crippen molar-refractivity contribution in [3.8, 4) is 11.4 Å². The van der Waals surface area contributed by atoms with Crippen molar-refractivity contribution in [1.82, 2.24) is 9.97 Å². The first-order valence-corrected chi connectivity index (χ1v) is 7.68. The Morgan fingerprint density at radius 1 is 0.950 bits per heavy atom. The monoisotopic (exact) mass is 283 g/mol. The van der Waals surface area contributed by atoms with Crippen LogP contribution in [0.5, 0.6) is 0 Å². The maximum atomic E-state index is 4.41. The minimum absolute atomic E-state index is 0.805. The van der Waals surface area contributed by atoms with Crippen LogP contribution in [-0.2, 0) is 12.8 Å². The fraction of sp³-hybridized carbons (Fsp3) is 0.375. The van der Waals surface area contributed by atoms with Crippen molar-refractivity contribution in [2.24, 2.45) is 0 Å². The molecule has 3 nitrogen and oxygen atoms in total. The zero-order chi connectivity index (χ0) is 13.5. The molecule has 0 N–H and O–H groups in total. The number of aryl methyl sites for hydroxylation is 2. The first-order valence-electron chi connectivity index (χ1n) is 7.23. The fourth-order valence-corrected chi connectivity index (χ4v) is 3.52. The van der Waals surface area contributed by atoms with Gasteiger partial charge in [-0.25, -0.2) is 9.97 Å². The largest absolute Gasteiger partial charge is 0.371 e. The predicted molar refractivity (Wildman–Crippen MR) is 83.6 cm³/mol. The summed E-state index contributed by atoms with van der Waals surface area (Å²) in [5.74, 6) is 0.810. The third-order valence-electron chi connectivity index (χ3n) is 4.23. The maximum Gasteiger partial charge on any atom is 0.159 e. The molecule has 1 aromatic carbocycles. The average Bonchev–Trinajstić information content (AvgIpc) is 2.48. The summed E-state index contributed by atoms with van der Waals surface area (Å²) < 4.78 is 0. The molecule has 0 spiro atoms. The van der Waals surface area contributed by atoms with Crippen LogP contribution < -0.4 is 4.90 Å². The Labute approximate surface area is 124 Å². The van der Waals surface area contributed by atoms with Crippen LogP contribution in [0.15, 0.2) is 29.4 Å². The highest BCUT2D eigenvalue weighted by Crippen LogP contribution is 2.37. The molecule has 0 unspecified atom stereocenters. The lowest BCUT2D eigenvalue weighted by atomic mass is 9.90. The van der Waals surface area contributed by atoms with Crippen molar-refractivity contribution in [3.63, 3.8) is 0 Å². The molecule has 0 fully saturated rings. The molecule has 0 saturated heterocycles. The minimum Gasteiger partial charge on any atom is -0.371 e. The van der Waals surface area contributed by atoms with Gasteiger partial charge in [0.2, 0.25) is 0 Å². The highest BCUT2D eigenvalue weighted by molar-refractivity contribution is 7.80. The van der Waals surface area contributed by atoms with Crippen LogP contribution in [0.3, 0.4) is 0 Å². The number of nitrogens with zero attached hydrogens (tertiary/aromatic N) is 3. The van der Waals surface area contributed by atoms with E-state index in [4.69, 9.17) is 0 Å². The lowest BCUT2D eigenvalue weighted by Crippen LogP contribution is -2.34. The molecule has 0 aliphatic carbocycles. The predicted octanol–water partition coefficient (Wildman–Crippen LogP) is 3.13. The topological polar surface area (TPSA) is 29.0 Å². The Balaban J connectivity index is 1.84. The van der Waals surface area contributed by atoms with Gasteiger partial charge < -0.3 is 4.90 Å². The van der Waals surface area contributed by atoms with Crippen molar-refractivity contribution in [2.45, 2.75) is 30.6 Å². The van der Waals surface area contributed by atoms with Gasteiger partial charge in [0.15, 0.2) is 5.82 Å². The number of hydrogen-bond acceptors (Lipinski definition) is 4. The summed E-state index contributed by atoms with van der Waals surface area (Å²) >= 11 is 4.25. The number of anilines is 1. The first kappa shape index (κ1) is 12.2. The quantitative estimate of drug-likeness (QED) is 0.815. The number of thiol groups is 1. The Bertz CT molecular complexity index is 620. The van der Waals surface area contributed by atoms with Crippen molar-refractivity contribution in [2.75, 3.05) is 18.0 Å². The van der Waals surface area contributed by atoms with Gasteiger partial charge in [-0.05, 0) is 48.9 Å². The van der Waals surface area contributed by atoms with E-state index in [2.05, 4.69) is 39.6 Å². The van der Waals surface area contributed by atoms with Crippen molar-refractivity contribution < 1.29 is 0 Å². The van der Waals surface area contributed by atoms with E-state index in [9.17, 15) is 0 Å². The molecule has 2 aliphatic rings. The van der Waals surface area contributed by atoms with E-state index in [1.54, 1.807) is 12.4 Å². The lowest BCUT2D eigenvalue weighted by molar-refractivity contribution is 0.634. The summed E-state index contributed by atoms with van der Waals surface area (Å²) in [5.41, 5.74) is 5.59. The summed E-state index contributed by atoms with van der Waals surface area (Å²) in [6, 6.07) is 4.56. The Kier molecular flexibility index (Phi) is 2.91. The van der Waals surface area contributed by atoms with Gasteiger partial charge in [-0.1, -0.05) is 0 Å². The van der Waals surface area contributed by atoms with Crippen LogP contribution in [0, 0.1) is 0 Å². The van der Waals surface area contributed by atoms with Gasteiger partial charge in [-0.3, -0.25) is 0 Å². The zero-order valence-electron chi connectivity index (χ0n) is 11.3. The SMILES string of the molecule is Sc1cnc(-c2cc3c4c(c2)CCCN4CCC3)nc1. The number of rotatable bonds is 1. The molecule has 1 aromatic heterocycles. The van der Waals surface area contributed by atoms with Crippen LogP contribution >= 0.6 is 12.6 Å². The van der Waals surface area contributed by atoms with Gasteiger partial charge >= 0.3 is 0 Å². The van der Waals surface area contributed by atoms with E-state index in [1.165, 1.54) is 55.6 Å². The second kappa shape index (κ2) is 4.77. The number of benzene rings is 1. The molecule has 0 amide bonds. The second-order valence-electron chi connectivity index (χ2n) is 5.60. The molecule has 20 heavy (non-hydrogen) atoms. The standard InChI is InChI=1S/C16H17N3S/c20-14-9-17-16(18-10-14)13-7-11-3-1-5-19-6-2-4-12(8-13)15(11)19/h7-10,20H,1-6H2. The molecule has 3 heterocycles. The molecule has 0 atom stereocenters. The molecule has 2 aromatic rings. The van der Waals surface area contributed by atoms with E-state index in [0.29, 0.717) is 0 Å². The smallest absolute Gasteiger partial charge is 0.159 e. The number of hydrogen-bond donors (Lipinski definition) is 1. The summed E-state index contributed by atoms with van der Waals surface area (Å²) in [7, 11) is 0. The number of aromatic nitrogens is 2. The Morgan fingerprint density at radius 2 is 1.55 bits per heavy atom. The van der Waals surface area contributed by atoms with E-state index >= 15 is 0 Å². The van der Waals surface area contributed by atoms with Gasteiger partial charge in [0.05, 0.1) is 0 Å². The normalized spacial score (nSPS) is 16.9. The molecule has 4 rings (SSSR count). The highest BCUT2D eigenvalue weighted by atomic mass is 32.1. The van der Waals surface area contributed by atoms with Gasteiger partial charge in [-0.15, -0.1) is 12.6 Å². The molecule has 0 bridgehead atoms. The summed E-state index contributed by atoms with van der Waals surface area (Å²) in [5, 5.41) is 0. The summed E-state index contributed by atoms with van der Waals surface area (Å²) in [6.07, 6.45) is 8.40. The van der Waals surface area contributed by atoms with Crippen LogP contribution in [0.4, 0.5) is 5.69 Å². The molecular formula is C16H17N3S. The molecule has 2 aliphatic heterocycles. The molecule has 0 saturated carbocycles. The molecule has 102 valence electrons. The van der Waals surface area contributed by atoms with E-state index in [1.807, 2.05) is 0 Å². The lowest BCUT2D eigenvalue weighted by Gasteiger charge is -2.37. The van der Waals surface area contributed by atoms with Crippen molar-refractivity contribution in [3.05, 3.63) is 35.7 Å². The third kappa shape index (κ3) is 1.99. The van der Waals surface area contributed by atoms with Crippen molar-refractivity contribution in [1.29, 1.82) is 0 Å². The van der Waals surface area contributed by atoms with Crippen LogP contribution in [0.1, 0.15) is 24.0 Å². The van der Waals surface area contributed by atoms with E-state index < -0.39 is 0 Å².